The molecule has 2 aliphatic heterocycles. The summed E-state index contributed by atoms with van der Waals surface area (Å²) in [7, 11) is -3.10. The largest absolute Gasteiger partial charge is 0.381 e. The number of ether oxygens (including phenoxy) is 1. The Morgan fingerprint density at radius 1 is 1.31 bits per heavy atom. The van der Waals surface area contributed by atoms with Gasteiger partial charge in [0.15, 0.2) is 0 Å². The second kappa shape index (κ2) is 5.00. The van der Waals surface area contributed by atoms with Crippen LogP contribution in [0.5, 0.6) is 0 Å². The Bertz CT molecular complexity index is 325. The van der Waals surface area contributed by atoms with Crippen LogP contribution in [-0.4, -0.2) is 56.9 Å². The SMILES string of the molecule is C[C@@H]1CN(S(=O)(=O)C2CCOCC2)CCN1. The molecule has 2 fully saturated rings. The second-order valence-corrected chi connectivity index (χ2v) is 6.78. The van der Waals surface area contributed by atoms with Crippen molar-refractivity contribution < 1.29 is 13.2 Å². The zero-order valence-electron chi connectivity index (χ0n) is 9.68. The van der Waals surface area contributed by atoms with Crippen LogP contribution in [0.4, 0.5) is 0 Å². The average molecular weight is 248 g/mol. The highest BCUT2D eigenvalue weighted by Gasteiger charge is 2.34. The van der Waals surface area contributed by atoms with Crippen LogP contribution in [-0.2, 0) is 14.8 Å². The Morgan fingerprint density at radius 2 is 2.00 bits per heavy atom. The van der Waals surface area contributed by atoms with E-state index in [0.29, 0.717) is 39.1 Å². The molecule has 1 atom stereocenters. The molecule has 94 valence electrons. The minimum atomic E-state index is -3.10. The average Bonchev–Trinajstić information content (AvgIpc) is 2.30. The number of hydrogen-bond donors (Lipinski definition) is 1. The van der Waals surface area contributed by atoms with Gasteiger partial charge in [-0.3, -0.25) is 0 Å². The van der Waals surface area contributed by atoms with Crippen LogP contribution in [0, 0.1) is 0 Å². The van der Waals surface area contributed by atoms with Gasteiger partial charge in [0.25, 0.3) is 0 Å². The first-order valence-electron chi connectivity index (χ1n) is 5.91. The quantitative estimate of drug-likeness (QED) is 0.734. The normalized spacial score (nSPS) is 30.4. The number of sulfonamides is 1. The minimum Gasteiger partial charge on any atom is -0.381 e. The fraction of sp³-hybridized carbons (Fsp3) is 1.00. The number of rotatable bonds is 2. The van der Waals surface area contributed by atoms with E-state index in [-0.39, 0.29) is 11.3 Å². The van der Waals surface area contributed by atoms with Crippen LogP contribution in [0.3, 0.4) is 0 Å². The van der Waals surface area contributed by atoms with E-state index in [9.17, 15) is 8.42 Å². The smallest absolute Gasteiger partial charge is 0.217 e. The molecule has 0 unspecified atom stereocenters. The summed E-state index contributed by atoms with van der Waals surface area (Å²) >= 11 is 0. The van der Waals surface area contributed by atoms with Crippen LogP contribution >= 0.6 is 0 Å². The highest BCUT2D eigenvalue weighted by molar-refractivity contribution is 7.89. The molecule has 0 saturated carbocycles. The minimum absolute atomic E-state index is 0.230. The van der Waals surface area contributed by atoms with Gasteiger partial charge < -0.3 is 10.1 Å². The standard InChI is InChI=1S/C10H20N2O3S/c1-9-8-12(5-4-11-9)16(13,14)10-2-6-15-7-3-10/h9-11H,2-8H2,1H3/t9-/m1/s1. The van der Waals surface area contributed by atoms with E-state index in [2.05, 4.69) is 5.32 Å². The molecule has 2 aliphatic rings. The lowest BCUT2D eigenvalue weighted by molar-refractivity contribution is 0.0969. The Hall–Kier alpha value is -0.170. The van der Waals surface area contributed by atoms with E-state index in [0.717, 1.165) is 6.54 Å². The molecule has 5 nitrogen and oxygen atoms in total. The lowest BCUT2D eigenvalue weighted by atomic mass is 10.2. The predicted octanol–water partition coefficient (Wildman–Crippen LogP) is -0.211. The maximum absolute atomic E-state index is 12.3. The topological polar surface area (TPSA) is 58.6 Å². The maximum Gasteiger partial charge on any atom is 0.217 e. The van der Waals surface area contributed by atoms with E-state index >= 15 is 0 Å². The summed E-state index contributed by atoms with van der Waals surface area (Å²) in [5, 5.41) is 3.03. The molecule has 0 radical (unpaired) electrons. The summed E-state index contributed by atoms with van der Waals surface area (Å²) in [5.74, 6) is 0. The molecular formula is C10H20N2O3S. The van der Waals surface area contributed by atoms with Crippen LogP contribution in [0.1, 0.15) is 19.8 Å². The van der Waals surface area contributed by atoms with Gasteiger partial charge in [0.2, 0.25) is 10.0 Å². The Kier molecular flexibility index (Phi) is 3.84. The summed E-state index contributed by atoms with van der Waals surface area (Å²) < 4.78 is 31.5. The van der Waals surface area contributed by atoms with E-state index in [4.69, 9.17) is 4.74 Å². The third-order valence-corrected chi connectivity index (χ3v) is 5.65. The van der Waals surface area contributed by atoms with Crippen molar-refractivity contribution in [2.45, 2.75) is 31.1 Å². The zero-order valence-corrected chi connectivity index (χ0v) is 10.5. The molecule has 0 spiro atoms. The molecular weight excluding hydrogens is 228 g/mol. The fourth-order valence-corrected chi connectivity index (χ4v) is 4.30. The summed E-state index contributed by atoms with van der Waals surface area (Å²) in [6.07, 6.45) is 1.28. The van der Waals surface area contributed by atoms with E-state index < -0.39 is 10.0 Å². The van der Waals surface area contributed by atoms with Gasteiger partial charge in [0.05, 0.1) is 5.25 Å². The van der Waals surface area contributed by atoms with Crippen LogP contribution in [0.2, 0.25) is 0 Å². The van der Waals surface area contributed by atoms with Gasteiger partial charge in [-0.1, -0.05) is 0 Å². The van der Waals surface area contributed by atoms with Crippen molar-refractivity contribution in [2.24, 2.45) is 0 Å². The lowest BCUT2D eigenvalue weighted by Gasteiger charge is -2.34. The monoisotopic (exact) mass is 248 g/mol. The van der Waals surface area contributed by atoms with Gasteiger partial charge in [-0.2, -0.15) is 4.31 Å². The van der Waals surface area contributed by atoms with Gasteiger partial charge in [0.1, 0.15) is 0 Å². The first-order chi connectivity index (χ1) is 7.60. The second-order valence-electron chi connectivity index (χ2n) is 4.57. The van der Waals surface area contributed by atoms with Gasteiger partial charge in [-0.25, -0.2) is 8.42 Å². The van der Waals surface area contributed by atoms with Crippen LogP contribution in [0.25, 0.3) is 0 Å². The zero-order chi connectivity index (χ0) is 11.6. The van der Waals surface area contributed by atoms with Crippen molar-refractivity contribution >= 4 is 10.0 Å². The number of piperazine rings is 1. The highest BCUT2D eigenvalue weighted by Crippen LogP contribution is 2.20. The lowest BCUT2D eigenvalue weighted by Crippen LogP contribution is -2.53. The van der Waals surface area contributed by atoms with Crippen molar-refractivity contribution in [3.63, 3.8) is 0 Å². The molecule has 0 aromatic carbocycles. The van der Waals surface area contributed by atoms with Crippen LogP contribution < -0.4 is 5.32 Å². The summed E-state index contributed by atoms with van der Waals surface area (Å²) in [6, 6.07) is 0.253. The number of nitrogens with one attached hydrogen (secondary N) is 1. The first kappa shape index (κ1) is 12.3. The van der Waals surface area contributed by atoms with Gasteiger partial charge >= 0.3 is 0 Å². The van der Waals surface area contributed by atoms with Gasteiger partial charge in [0, 0.05) is 38.9 Å². The van der Waals surface area contributed by atoms with Crippen molar-refractivity contribution in [2.75, 3.05) is 32.8 Å². The van der Waals surface area contributed by atoms with Crippen molar-refractivity contribution in [3.8, 4) is 0 Å². The summed E-state index contributed by atoms with van der Waals surface area (Å²) in [6.45, 7) is 5.12. The van der Waals surface area contributed by atoms with Gasteiger partial charge in [-0.05, 0) is 19.8 Å². The molecule has 0 aliphatic carbocycles. The van der Waals surface area contributed by atoms with Crippen molar-refractivity contribution in [3.05, 3.63) is 0 Å². The molecule has 16 heavy (non-hydrogen) atoms. The first-order valence-corrected chi connectivity index (χ1v) is 7.41. The molecule has 0 amide bonds. The van der Waals surface area contributed by atoms with E-state index in [1.165, 1.54) is 0 Å². The fourth-order valence-electron chi connectivity index (χ4n) is 2.31. The molecule has 6 heteroatoms. The third-order valence-electron chi connectivity index (χ3n) is 3.28. The predicted molar refractivity (Wildman–Crippen MR) is 61.8 cm³/mol. The Labute approximate surface area is 97.2 Å². The highest BCUT2D eigenvalue weighted by atomic mass is 32.2. The van der Waals surface area contributed by atoms with Crippen molar-refractivity contribution in [1.82, 2.24) is 9.62 Å². The molecule has 1 N–H and O–H groups in total. The Balaban J connectivity index is 2.05. The van der Waals surface area contributed by atoms with Gasteiger partial charge in [-0.15, -0.1) is 0 Å². The number of nitrogens with zero attached hydrogens (tertiary/aromatic N) is 1. The maximum atomic E-state index is 12.3. The Morgan fingerprint density at radius 3 is 2.62 bits per heavy atom. The van der Waals surface area contributed by atoms with Crippen molar-refractivity contribution in [1.29, 1.82) is 0 Å². The number of hydrogen-bond acceptors (Lipinski definition) is 4. The van der Waals surface area contributed by atoms with Crippen LogP contribution in [0.15, 0.2) is 0 Å². The molecule has 0 aromatic rings. The molecule has 2 heterocycles. The summed E-state index contributed by atoms with van der Waals surface area (Å²) in [5.41, 5.74) is 0. The molecule has 0 aromatic heterocycles. The van der Waals surface area contributed by atoms with E-state index in [1.807, 2.05) is 6.92 Å². The molecule has 2 rings (SSSR count). The summed E-state index contributed by atoms with van der Waals surface area (Å²) in [4.78, 5) is 0. The van der Waals surface area contributed by atoms with E-state index in [1.54, 1.807) is 4.31 Å². The third kappa shape index (κ3) is 2.56. The molecule has 0 bridgehead atoms. The molecule has 2 saturated heterocycles.